The summed E-state index contributed by atoms with van der Waals surface area (Å²) >= 11 is 0. The highest BCUT2D eigenvalue weighted by Gasteiger charge is 2.12. The highest BCUT2D eigenvalue weighted by atomic mass is 19.1. The molecular formula is C13H20FN3O3. The molecule has 1 rings (SSSR count). The van der Waals surface area contributed by atoms with Gasteiger partial charge in [0.2, 0.25) is 0 Å². The summed E-state index contributed by atoms with van der Waals surface area (Å²) in [6, 6.07) is 4.06. The predicted octanol–water partition coefficient (Wildman–Crippen LogP) is 0.407. The van der Waals surface area contributed by atoms with Crippen molar-refractivity contribution >= 4 is 5.84 Å². The number of nitrogens with one attached hydrogen (secondary N) is 1. The molecule has 20 heavy (non-hydrogen) atoms. The fourth-order valence-electron chi connectivity index (χ4n) is 1.85. The van der Waals surface area contributed by atoms with Gasteiger partial charge in [-0.15, -0.1) is 0 Å². The molecule has 0 aromatic heterocycles. The normalized spacial score (nSPS) is 13.4. The van der Waals surface area contributed by atoms with E-state index in [1.807, 2.05) is 0 Å². The van der Waals surface area contributed by atoms with Crippen LogP contribution in [0.4, 0.5) is 4.39 Å². The zero-order chi connectivity index (χ0) is 15.0. The van der Waals surface area contributed by atoms with E-state index in [2.05, 4.69) is 10.5 Å². The lowest BCUT2D eigenvalue weighted by molar-refractivity contribution is 0.148. The van der Waals surface area contributed by atoms with Crippen LogP contribution in [0.3, 0.4) is 0 Å². The number of halogens is 1. The summed E-state index contributed by atoms with van der Waals surface area (Å²) in [6.45, 7) is 0.873. The first-order valence-electron chi connectivity index (χ1n) is 6.21. The Morgan fingerprint density at radius 2 is 2.30 bits per heavy atom. The number of benzene rings is 1. The van der Waals surface area contributed by atoms with Crippen molar-refractivity contribution in [1.82, 2.24) is 5.32 Å². The van der Waals surface area contributed by atoms with Gasteiger partial charge in [-0.2, -0.15) is 0 Å². The molecule has 0 saturated heterocycles. The van der Waals surface area contributed by atoms with Crippen molar-refractivity contribution in [1.29, 1.82) is 0 Å². The molecule has 1 aromatic rings. The third-order valence-corrected chi connectivity index (χ3v) is 2.88. The minimum atomic E-state index is -0.459. The van der Waals surface area contributed by atoms with Gasteiger partial charge in [0, 0.05) is 31.9 Å². The van der Waals surface area contributed by atoms with E-state index in [4.69, 9.17) is 20.8 Å². The van der Waals surface area contributed by atoms with Crippen LogP contribution in [0.1, 0.15) is 17.5 Å². The van der Waals surface area contributed by atoms with Crippen LogP contribution in [0, 0.1) is 5.82 Å². The molecule has 0 bridgehead atoms. The molecule has 0 amide bonds. The third-order valence-electron chi connectivity index (χ3n) is 2.88. The first-order valence-corrected chi connectivity index (χ1v) is 6.21. The molecule has 6 nitrogen and oxygen atoms in total. The Morgan fingerprint density at radius 3 is 2.90 bits per heavy atom. The molecule has 0 aliphatic carbocycles. The smallest absolute Gasteiger partial charge is 0.170 e. The van der Waals surface area contributed by atoms with Gasteiger partial charge in [0.05, 0.1) is 6.61 Å². The van der Waals surface area contributed by atoms with Crippen LogP contribution in [0.5, 0.6) is 0 Å². The van der Waals surface area contributed by atoms with E-state index in [9.17, 15) is 4.39 Å². The molecule has 0 fully saturated rings. The summed E-state index contributed by atoms with van der Waals surface area (Å²) in [5, 5.41) is 23.7. The Balaban J connectivity index is 2.81. The van der Waals surface area contributed by atoms with Crippen molar-refractivity contribution in [3.05, 3.63) is 35.1 Å². The number of ether oxygens (including phenoxy) is 1. The van der Waals surface area contributed by atoms with E-state index in [1.165, 1.54) is 12.1 Å². The molecule has 0 radical (unpaired) electrons. The van der Waals surface area contributed by atoms with Crippen LogP contribution in [-0.2, 0) is 11.3 Å². The molecule has 1 aromatic carbocycles. The van der Waals surface area contributed by atoms with Gasteiger partial charge in [0.15, 0.2) is 5.84 Å². The van der Waals surface area contributed by atoms with Gasteiger partial charge < -0.3 is 26.1 Å². The van der Waals surface area contributed by atoms with Gasteiger partial charge in [-0.25, -0.2) is 4.39 Å². The van der Waals surface area contributed by atoms with E-state index in [1.54, 1.807) is 13.2 Å². The predicted molar refractivity (Wildman–Crippen MR) is 73.1 cm³/mol. The molecule has 0 aliphatic rings. The minimum Gasteiger partial charge on any atom is -0.409 e. The van der Waals surface area contributed by atoms with Crippen LogP contribution < -0.4 is 11.1 Å². The molecule has 1 unspecified atom stereocenters. The zero-order valence-electron chi connectivity index (χ0n) is 11.3. The molecule has 7 heteroatoms. The maximum absolute atomic E-state index is 13.2. The Bertz CT molecular complexity index is 448. The molecule has 112 valence electrons. The average Bonchev–Trinajstić information content (AvgIpc) is 2.45. The first-order chi connectivity index (χ1) is 9.62. The second-order valence-electron chi connectivity index (χ2n) is 4.33. The highest BCUT2D eigenvalue weighted by Crippen LogP contribution is 2.12. The van der Waals surface area contributed by atoms with Crippen LogP contribution in [0.2, 0.25) is 0 Å². The summed E-state index contributed by atoms with van der Waals surface area (Å²) in [5.41, 5.74) is 6.56. The number of oxime groups is 1. The molecule has 0 saturated carbocycles. The molecule has 5 N–H and O–H groups in total. The molecule has 0 spiro atoms. The van der Waals surface area contributed by atoms with Crippen molar-refractivity contribution < 1.29 is 19.4 Å². The van der Waals surface area contributed by atoms with E-state index in [-0.39, 0.29) is 18.5 Å². The van der Waals surface area contributed by atoms with Crippen molar-refractivity contribution in [3.8, 4) is 0 Å². The summed E-state index contributed by atoms with van der Waals surface area (Å²) in [7, 11) is 1.58. The Kier molecular flexibility index (Phi) is 6.92. The van der Waals surface area contributed by atoms with Crippen LogP contribution in [0.25, 0.3) is 0 Å². The third kappa shape index (κ3) is 4.76. The van der Waals surface area contributed by atoms with Gasteiger partial charge in [-0.3, -0.25) is 0 Å². The lowest BCUT2D eigenvalue weighted by atomic mass is 10.1. The quantitative estimate of drug-likeness (QED) is 0.240. The van der Waals surface area contributed by atoms with Crippen molar-refractivity contribution in [3.63, 3.8) is 0 Å². The van der Waals surface area contributed by atoms with Crippen molar-refractivity contribution in [2.75, 3.05) is 20.3 Å². The van der Waals surface area contributed by atoms with E-state index in [0.29, 0.717) is 30.7 Å². The SMILES string of the molecule is COCC(CCO)NCc1ccc(F)cc1/C(N)=N/O. The fourth-order valence-corrected chi connectivity index (χ4v) is 1.85. The zero-order valence-corrected chi connectivity index (χ0v) is 11.3. The number of hydrogen-bond donors (Lipinski definition) is 4. The number of hydrogen-bond acceptors (Lipinski definition) is 5. The number of aliphatic hydroxyl groups excluding tert-OH is 1. The first kappa shape index (κ1) is 16.4. The maximum atomic E-state index is 13.2. The summed E-state index contributed by atoms with van der Waals surface area (Å²) < 4.78 is 18.3. The molecule has 0 heterocycles. The topological polar surface area (TPSA) is 100 Å². The van der Waals surface area contributed by atoms with Crippen molar-refractivity contribution in [2.24, 2.45) is 10.9 Å². The van der Waals surface area contributed by atoms with Crippen LogP contribution in [-0.4, -0.2) is 42.5 Å². The summed E-state index contributed by atoms with van der Waals surface area (Å²) in [4.78, 5) is 0. The lowest BCUT2D eigenvalue weighted by Gasteiger charge is -2.18. The van der Waals surface area contributed by atoms with Gasteiger partial charge in [-0.1, -0.05) is 11.2 Å². The number of nitrogens with two attached hydrogens (primary N) is 1. The van der Waals surface area contributed by atoms with E-state index < -0.39 is 5.82 Å². The molecule has 0 aliphatic heterocycles. The number of methoxy groups -OCH3 is 1. The Hall–Kier alpha value is -1.70. The number of nitrogens with zero attached hydrogens (tertiary/aromatic N) is 1. The van der Waals surface area contributed by atoms with E-state index in [0.717, 1.165) is 0 Å². The minimum absolute atomic E-state index is 0.0322. The Morgan fingerprint density at radius 1 is 1.55 bits per heavy atom. The number of amidine groups is 1. The van der Waals surface area contributed by atoms with Crippen molar-refractivity contribution in [2.45, 2.75) is 19.0 Å². The number of aliphatic hydroxyl groups is 1. The standard InChI is InChI=1S/C13H20FN3O3/c1-20-8-11(4-5-18)16-7-9-2-3-10(14)6-12(9)13(15)17-19/h2-3,6,11,16,18-19H,4-5,7-8H2,1H3,(H2,15,17). The van der Waals surface area contributed by atoms with E-state index >= 15 is 0 Å². The summed E-state index contributed by atoms with van der Waals surface area (Å²) in [5.74, 6) is -0.606. The largest absolute Gasteiger partial charge is 0.409 e. The fraction of sp³-hybridized carbons (Fsp3) is 0.462. The number of rotatable bonds is 8. The van der Waals surface area contributed by atoms with Gasteiger partial charge in [-0.05, 0) is 24.1 Å². The average molecular weight is 285 g/mol. The maximum Gasteiger partial charge on any atom is 0.170 e. The van der Waals surface area contributed by atoms with Gasteiger partial charge in [0.25, 0.3) is 0 Å². The summed E-state index contributed by atoms with van der Waals surface area (Å²) in [6.07, 6.45) is 0.536. The second kappa shape index (κ2) is 8.47. The lowest BCUT2D eigenvalue weighted by Crippen LogP contribution is -2.34. The van der Waals surface area contributed by atoms with Crippen LogP contribution >= 0.6 is 0 Å². The van der Waals surface area contributed by atoms with Gasteiger partial charge in [0.1, 0.15) is 5.82 Å². The second-order valence-corrected chi connectivity index (χ2v) is 4.33. The molecular weight excluding hydrogens is 265 g/mol. The Labute approximate surface area is 117 Å². The van der Waals surface area contributed by atoms with Gasteiger partial charge >= 0.3 is 0 Å². The van der Waals surface area contributed by atoms with Crippen LogP contribution in [0.15, 0.2) is 23.4 Å². The highest BCUT2D eigenvalue weighted by molar-refractivity contribution is 5.98. The molecule has 1 atom stereocenters. The monoisotopic (exact) mass is 285 g/mol.